The second kappa shape index (κ2) is 6.23. The summed E-state index contributed by atoms with van der Waals surface area (Å²) in [5.74, 6) is 0. The summed E-state index contributed by atoms with van der Waals surface area (Å²) in [4.78, 5) is 4.51. The first-order chi connectivity index (χ1) is 8.88. The maximum Gasteiger partial charge on any atom is 0.0492 e. The third-order valence-electron chi connectivity index (χ3n) is 3.72. The first-order valence-corrected chi connectivity index (χ1v) is 7.28. The van der Waals surface area contributed by atoms with E-state index in [0.29, 0.717) is 0 Å². The van der Waals surface area contributed by atoms with Crippen LogP contribution < -0.4 is 10.6 Å². The normalized spacial score (nSPS) is 14.2. The molecule has 1 rings (SSSR count). The van der Waals surface area contributed by atoms with Crippen molar-refractivity contribution in [1.29, 1.82) is 0 Å². The quantitative estimate of drug-likeness (QED) is 0.722. The Kier molecular flexibility index (Phi) is 5.16. The molecule has 0 atom stereocenters. The molecule has 0 amide bonds. The van der Waals surface area contributed by atoms with Crippen LogP contribution in [0.25, 0.3) is 12.3 Å². The highest BCUT2D eigenvalue weighted by molar-refractivity contribution is 5.63. The third-order valence-corrected chi connectivity index (χ3v) is 3.72. The van der Waals surface area contributed by atoms with Gasteiger partial charge in [-0.05, 0) is 46.1 Å². The van der Waals surface area contributed by atoms with Crippen molar-refractivity contribution in [2.75, 3.05) is 0 Å². The predicted octanol–water partition coefficient (Wildman–Crippen LogP) is 3.35. The number of nitrogens with zero attached hydrogens (tertiary/aromatic N) is 2. The summed E-state index contributed by atoms with van der Waals surface area (Å²) < 4.78 is 2.32. The molecule has 1 aromatic rings. The molecule has 0 bridgehead atoms. The van der Waals surface area contributed by atoms with Crippen LogP contribution in [-0.2, 0) is 5.54 Å². The summed E-state index contributed by atoms with van der Waals surface area (Å²) in [6.45, 7) is 17.4. The molecule has 106 valence electrons. The number of hydrogen-bond acceptors (Lipinski definition) is 1. The number of aromatic nitrogens is 1. The van der Waals surface area contributed by atoms with Crippen LogP contribution >= 0.6 is 0 Å². The molecular formula is C17H28N2. The molecule has 0 aliphatic rings. The summed E-state index contributed by atoms with van der Waals surface area (Å²) in [6, 6.07) is 0. The number of aliphatic imine (C=N–C) groups is 1. The van der Waals surface area contributed by atoms with Gasteiger partial charge in [0.15, 0.2) is 0 Å². The van der Waals surface area contributed by atoms with Crippen molar-refractivity contribution in [3.8, 4) is 0 Å². The summed E-state index contributed by atoms with van der Waals surface area (Å²) in [6.07, 6.45) is 7.37. The van der Waals surface area contributed by atoms with E-state index in [9.17, 15) is 0 Å². The molecule has 0 saturated heterocycles. The van der Waals surface area contributed by atoms with Crippen LogP contribution in [0.3, 0.4) is 0 Å². The molecule has 0 unspecified atom stereocenters. The second-order valence-corrected chi connectivity index (χ2v) is 5.75. The van der Waals surface area contributed by atoms with Gasteiger partial charge < -0.3 is 4.57 Å². The number of hydrogen-bond donors (Lipinski definition) is 0. The predicted molar refractivity (Wildman–Crippen MR) is 86.0 cm³/mol. The van der Waals surface area contributed by atoms with Crippen LogP contribution in [0, 0.1) is 6.92 Å². The van der Waals surface area contributed by atoms with E-state index in [-0.39, 0.29) is 5.54 Å². The minimum Gasteiger partial charge on any atom is -0.342 e. The van der Waals surface area contributed by atoms with Crippen LogP contribution in [-0.4, -0.2) is 10.8 Å². The lowest BCUT2D eigenvalue weighted by atomic mass is 9.99. The molecule has 0 saturated carbocycles. The van der Waals surface area contributed by atoms with Gasteiger partial charge in [-0.2, -0.15) is 0 Å². The van der Waals surface area contributed by atoms with Gasteiger partial charge in [0.25, 0.3) is 0 Å². The maximum absolute atomic E-state index is 4.51. The minimum atomic E-state index is 0.115. The molecular weight excluding hydrogens is 232 g/mol. The fourth-order valence-electron chi connectivity index (χ4n) is 2.84. The molecule has 0 aromatic carbocycles. The van der Waals surface area contributed by atoms with Crippen molar-refractivity contribution in [3.05, 3.63) is 22.3 Å². The molecule has 19 heavy (non-hydrogen) atoms. The lowest BCUT2D eigenvalue weighted by Crippen LogP contribution is -2.39. The standard InChI is InChI=1S/C17H28N2/c1-8-11-17(6,7)19-12-13(4)16(14(19)5)15(9-2)18-10-3/h10,12H,5,8-9,11H2,1-4,6-7H3/b16-15-,18-10-. The van der Waals surface area contributed by atoms with Crippen molar-refractivity contribution in [1.82, 2.24) is 4.57 Å². The molecule has 0 N–H and O–H groups in total. The molecule has 1 aromatic heterocycles. The average molecular weight is 260 g/mol. The monoisotopic (exact) mass is 260 g/mol. The highest BCUT2D eigenvalue weighted by Crippen LogP contribution is 2.19. The lowest BCUT2D eigenvalue weighted by Gasteiger charge is -2.27. The van der Waals surface area contributed by atoms with Crippen molar-refractivity contribution in [3.63, 3.8) is 0 Å². The Morgan fingerprint density at radius 1 is 1.42 bits per heavy atom. The maximum atomic E-state index is 4.51. The van der Waals surface area contributed by atoms with E-state index in [1.807, 2.05) is 13.1 Å². The Bertz CT molecular complexity index is 559. The van der Waals surface area contributed by atoms with Crippen LogP contribution in [0.1, 0.15) is 59.4 Å². The largest absolute Gasteiger partial charge is 0.342 e. The van der Waals surface area contributed by atoms with Crippen molar-refractivity contribution < 1.29 is 0 Å². The highest BCUT2D eigenvalue weighted by atomic mass is 15.0. The van der Waals surface area contributed by atoms with Gasteiger partial charge in [0, 0.05) is 34.2 Å². The average Bonchev–Trinajstić information content (AvgIpc) is 2.63. The Labute approximate surface area is 117 Å². The first-order valence-electron chi connectivity index (χ1n) is 7.28. The molecule has 0 aliphatic carbocycles. The third kappa shape index (κ3) is 3.17. The smallest absolute Gasteiger partial charge is 0.0492 e. The number of rotatable bonds is 5. The van der Waals surface area contributed by atoms with E-state index in [4.69, 9.17) is 0 Å². The van der Waals surface area contributed by atoms with Crippen molar-refractivity contribution >= 4 is 18.5 Å². The molecule has 0 fully saturated rings. The van der Waals surface area contributed by atoms with E-state index in [0.717, 1.165) is 23.9 Å². The summed E-state index contributed by atoms with van der Waals surface area (Å²) in [5.41, 5.74) is 2.52. The van der Waals surface area contributed by atoms with E-state index in [2.05, 4.69) is 57.0 Å². The molecule has 0 aliphatic heterocycles. The van der Waals surface area contributed by atoms with E-state index >= 15 is 0 Å². The van der Waals surface area contributed by atoms with Gasteiger partial charge in [0.05, 0.1) is 0 Å². The van der Waals surface area contributed by atoms with Crippen molar-refractivity contribution in [2.24, 2.45) is 4.99 Å². The SMILES string of the molecule is C=c1/c(=C(CC)\N=C/C)c(C)cn1C(C)(C)CCC. The molecule has 2 heteroatoms. The minimum absolute atomic E-state index is 0.115. The van der Waals surface area contributed by atoms with E-state index < -0.39 is 0 Å². The summed E-state index contributed by atoms with van der Waals surface area (Å²) in [7, 11) is 0. The Hall–Kier alpha value is -1.31. The Morgan fingerprint density at radius 3 is 2.53 bits per heavy atom. The van der Waals surface area contributed by atoms with Crippen LogP contribution in [0.2, 0.25) is 0 Å². The zero-order valence-corrected chi connectivity index (χ0v) is 13.4. The summed E-state index contributed by atoms with van der Waals surface area (Å²) in [5, 5.41) is 2.32. The van der Waals surface area contributed by atoms with Gasteiger partial charge in [-0.3, -0.25) is 4.99 Å². The van der Waals surface area contributed by atoms with Gasteiger partial charge in [0.2, 0.25) is 0 Å². The fourth-order valence-corrected chi connectivity index (χ4v) is 2.84. The van der Waals surface area contributed by atoms with Gasteiger partial charge in [-0.1, -0.05) is 26.8 Å². The van der Waals surface area contributed by atoms with Crippen molar-refractivity contribution in [2.45, 2.75) is 66.3 Å². The van der Waals surface area contributed by atoms with E-state index in [1.165, 1.54) is 17.2 Å². The summed E-state index contributed by atoms with van der Waals surface area (Å²) >= 11 is 0. The first kappa shape index (κ1) is 15.7. The van der Waals surface area contributed by atoms with Crippen LogP contribution in [0.15, 0.2) is 11.2 Å². The van der Waals surface area contributed by atoms with Gasteiger partial charge in [-0.25, -0.2) is 0 Å². The zero-order valence-electron chi connectivity index (χ0n) is 13.4. The fraction of sp³-hybridized carbons (Fsp3) is 0.588. The molecule has 0 radical (unpaired) electrons. The topological polar surface area (TPSA) is 17.3 Å². The molecule has 2 nitrogen and oxygen atoms in total. The lowest BCUT2D eigenvalue weighted by molar-refractivity contribution is 0.318. The van der Waals surface area contributed by atoms with E-state index in [1.54, 1.807) is 0 Å². The second-order valence-electron chi connectivity index (χ2n) is 5.75. The van der Waals surface area contributed by atoms with Gasteiger partial charge >= 0.3 is 0 Å². The van der Waals surface area contributed by atoms with Gasteiger partial charge in [0.1, 0.15) is 0 Å². The van der Waals surface area contributed by atoms with Gasteiger partial charge in [-0.15, -0.1) is 0 Å². The van der Waals surface area contributed by atoms with Crippen LogP contribution in [0.4, 0.5) is 0 Å². The zero-order chi connectivity index (χ0) is 14.6. The van der Waals surface area contributed by atoms with Crippen LogP contribution in [0.5, 0.6) is 0 Å². The number of aryl methyl sites for hydroxylation is 1. The molecule has 1 heterocycles. The Morgan fingerprint density at radius 2 is 2.05 bits per heavy atom. The Balaban J connectivity index is 3.58. The molecule has 0 spiro atoms. The highest BCUT2D eigenvalue weighted by Gasteiger charge is 2.20.